The van der Waals surface area contributed by atoms with Gasteiger partial charge >= 0.3 is 0 Å². The van der Waals surface area contributed by atoms with Crippen molar-refractivity contribution in [3.8, 4) is 17.1 Å². The molecule has 2 aromatic carbocycles. The Bertz CT molecular complexity index is 1060. The van der Waals surface area contributed by atoms with E-state index in [1.165, 1.54) is 22.5 Å². The lowest BCUT2D eigenvalue weighted by Crippen LogP contribution is -2.10. The predicted molar refractivity (Wildman–Crippen MR) is 108 cm³/mol. The quantitative estimate of drug-likeness (QED) is 0.499. The van der Waals surface area contributed by atoms with Gasteiger partial charge in [0, 0.05) is 5.56 Å². The molecule has 2 heterocycles. The van der Waals surface area contributed by atoms with Crippen LogP contribution >= 0.6 is 11.3 Å². The van der Waals surface area contributed by atoms with Crippen molar-refractivity contribution < 1.29 is 4.74 Å². The minimum atomic E-state index is 0.137. The van der Waals surface area contributed by atoms with Crippen molar-refractivity contribution in [1.29, 1.82) is 0 Å². The van der Waals surface area contributed by atoms with E-state index in [1.807, 2.05) is 24.3 Å². The van der Waals surface area contributed by atoms with Gasteiger partial charge in [0.1, 0.15) is 12.4 Å². The lowest BCUT2D eigenvalue weighted by molar-refractivity contribution is 0.304. The number of benzene rings is 2. The molecule has 0 bridgehead atoms. The van der Waals surface area contributed by atoms with Crippen LogP contribution in [-0.4, -0.2) is 19.8 Å². The molecule has 0 spiro atoms. The Morgan fingerprint density at radius 2 is 1.67 bits per heavy atom. The van der Waals surface area contributed by atoms with E-state index >= 15 is 0 Å². The fourth-order valence-electron chi connectivity index (χ4n) is 2.79. The number of fused-ring (bicyclic) bond motifs is 1. The molecular weight excluding hydrogens is 356 g/mol. The number of nitrogens with zero attached hydrogens (tertiary/aromatic N) is 4. The van der Waals surface area contributed by atoms with E-state index < -0.39 is 0 Å². The van der Waals surface area contributed by atoms with Crippen LogP contribution in [0.25, 0.3) is 16.3 Å². The Morgan fingerprint density at radius 1 is 0.963 bits per heavy atom. The van der Waals surface area contributed by atoms with Gasteiger partial charge in [-0.25, -0.2) is 0 Å². The van der Waals surface area contributed by atoms with Gasteiger partial charge in [-0.05, 0) is 30.0 Å². The van der Waals surface area contributed by atoms with Crippen LogP contribution in [0.2, 0.25) is 0 Å². The Labute approximate surface area is 162 Å². The van der Waals surface area contributed by atoms with Crippen molar-refractivity contribution in [2.24, 2.45) is 0 Å². The van der Waals surface area contributed by atoms with Crippen molar-refractivity contribution in [2.75, 3.05) is 0 Å². The topological polar surface area (TPSA) is 52.3 Å². The summed E-state index contributed by atoms with van der Waals surface area (Å²) in [6.07, 6.45) is 0. The summed E-state index contributed by atoms with van der Waals surface area (Å²) in [4.78, 5) is 0.771. The molecule has 0 N–H and O–H groups in total. The molecule has 6 heteroatoms. The molecule has 4 aromatic rings. The van der Waals surface area contributed by atoms with Gasteiger partial charge in [0.2, 0.25) is 4.96 Å². The van der Waals surface area contributed by atoms with E-state index in [4.69, 9.17) is 4.74 Å². The van der Waals surface area contributed by atoms with Crippen LogP contribution in [0.4, 0.5) is 0 Å². The van der Waals surface area contributed by atoms with E-state index in [-0.39, 0.29) is 5.41 Å². The summed E-state index contributed by atoms with van der Waals surface area (Å²) in [6.45, 7) is 9.08. The molecule has 0 aliphatic heterocycles. The van der Waals surface area contributed by atoms with Gasteiger partial charge in [0.25, 0.3) is 0 Å². The van der Waals surface area contributed by atoms with E-state index in [0.717, 1.165) is 27.1 Å². The van der Waals surface area contributed by atoms with E-state index in [9.17, 15) is 0 Å². The summed E-state index contributed by atoms with van der Waals surface area (Å²) >= 11 is 1.50. The number of aromatic nitrogens is 4. The highest BCUT2D eigenvalue weighted by atomic mass is 32.1. The monoisotopic (exact) mass is 378 g/mol. The normalized spacial score (nSPS) is 11.9. The molecule has 2 aromatic heterocycles. The number of hydrogen-bond donors (Lipinski definition) is 0. The summed E-state index contributed by atoms with van der Waals surface area (Å²) in [7, 11) is 0. The average molecular weight is 379 g/mol. The Hall–Kier alpha value is -2.73. The van der Waals surface area contributed by atoms with Crippen molar-refractivity contribution in [1.82, 2.24) is 19.8 Å². The fourth-order valence-corrected chi connectivity index (χ4v) is 3.54. The van der Waals surface area contributed by atoms with Gasteiger partial charge in [-0.1, -0.05) is 74.1 Å². The Kier molecular flexibility index (Phi) is 4.44. The first-order chi connectivity index (χ1) is 12.9. The maximum absolute atomic E-state index is 5.91. The highest BCUT2D eigenvalue weighted by Crippen LogP contribution is 2.26. The Morgan fingerprint density at radius 3 is 2.33 bits per heavy atom. The van der Waals surface area contributed by atoms with Crippen molar-refractivity contribution in [3.63, 3.8) is 0 Å². The third-order valence-corrected chi connectivity index (χ3v) is 5.30. The average Bonchev–Trinajstić information content (AvgIpc) is 3.21. The second kappa shape index (κ2) is 6.78. The zero-order valence-electron chi connectivity index (χ0n) is 15.9. The molecule has 0 aliphatic rings. The maximum atomic E-state index is 5.91. The SMILES string of the molecule is Cc1ccc(-c2nnc3sc(COc4ccc(C(C)(C)C)cc4)nn23)cc1. The summed E-state index contributed by atoms with van der Waals surface area (Å²) in [5.41, 5.74) is 3.64. The van der Waals surface area contributed by atoms with Crippen molar-refractivity contribution in [2.45, 2.75) is 39.7 Å². The molecule has 0 atom stereocenters. The molecule has 0 saturated heterocycles. The third kappa shape index (κ3) is 3.71. The summed E-state index contributed by atoms with van der Waals surface area (Å²) < 4.78 is 7.69. The smallest absolute Gasteiger partial charge is 0.235 e. The first-order valence-electron chi connectivity index (χ1n) is 8.92. The van der Waals surface area contributed by atoms with Gasteiger partial charge in [0.05, 0.1) is 0 Å². The number of aryl methyl sites for hydroxylation is 1. The summed E-state index contributed by atoms with van der Waals surface area (Å²) in [6, 6.07) is 16.5. The molecule has 0 radical (unpaired) electrons. The molecule has 0 fully saturated rings. The molecule has 27 heavy (non-hydrogen) atoms. The standard InChI is InChI=1S/C21H22N4OS/c1-14-5-7-15(8-6-14)19-22-23-20-25(19)24-18(27-20)13-26-17-11-9-16(10-12-17)21(2,3)4/h5-12H,13H2,1-4H3. The van der Waals surface area contributed by atoms with E-state index in [2.05, 4.69) is 67.3 Å². The summed E-state index contributed by atoms with van der Waals surface area (Å²) in [5.74, 6) is 1.59. The molecule has 0 unspecified atom stereocenters. The highest BCUT2D eigenvalue weighted by Gasteiger charge is 2.15. The van der Waals surface area contributed by atoms with Crippen LogP contribution in [0, 0.1) is 6.92 Å². The highest BCUT2D eigenvalue weighted by molar-refractivity contribution is 7.16. The minimum Gasteiger partial charge on any atom is -0.486 e. The molecule has 4 rings (SSSR count). The van der Waals surface area contributed by atoms with Gasteiger partial charge in [-0.2, -0.15) is 9.61 Å². The first-order valence-corrected chi connectivity index (χ1v) is 9.73. The van der Waals surface area contributed by atoms with Crippen molar-refractivity contribution in [3.05, 3.63) is 64.7 Å². The minimum absolute atomic E-state index is 0.137. The van der Waals surface area contributed by atoms with Crippen LogP contribution in [0.1, 0.15) is 36.9 Å². The van der Waals surface area contributed by atoms with Crippen LogP contribution in [-0.2, 0) is 12.0 Å². The second-order valence-electron chi connectivity index (χ2n) is 7.64. The van der Waals surface area contributed by atoms with Gasteiger partial charge < -0.3 is 4.74 Å². The third-order valence-electron chi connectivity index (χ3n) is 4.43. The predicted octanol–water partition coefficient (Wildman–Crippen LogP) is 5.04. The molecule has 0 amide bonds. The van der Waals surface area contributed by atoms with E-state index in [1.54, 1.807) is 4.52 Å². The lowest BCUT2D eigenvalue weighted by Gasteiger charge is -2.19. The molecule has 0 aliphatic carbocycles. The van der Waals surface area contributed by atoms with Gasteiger partial charge in [-0.15, -0.1) is 10.2 Å². The van der Waals surface area contributed by atoms with Gasteiger partial charge in [0.15, 0.2) is 10.8 Å². The van der Waals surface area contributed by atoms with Gasteiger partial charge in [-0.3, -0.25) is 0 Å². The Balaban J connectivity index is 1.51. The van der Waals surface area contributed by atoms with Crippen molar-refractivity contribution >= 4 is 16.3 Å². The molecule has 0 saturated carbocycles. The summed E-state index contributed by atoms with van der Waals surface area (Å²) in [5, 5.41) is 14.0. The molecule has 5 nitrogen and oxygen atoms in total. The lowest BCUT2D eigenvalue weighted by atomic mass is 9.87. The van der Waals surface area contributed by atoms with Crippen LogP contribution < -0.4 is 4.74 Å². The van der Waals surface area contributed by atoms with Crippen LogP contribution in [0.15, 0.2) is 48.5 Å². The second-order valence-corrected chi connectivity index (χ2v) is 8.68. The van der Waals surface area contributed by atoms with E-state index in [0.29, 0.717) is 6.61 Å². The fraction of sp³-hybridized carbons (Fsp3) is 0.286. The number of rotatable bonds is 4. The zero-order chi connectivity index (χ0) is 19.0. The molecule has 138 valence electrons. The largest absolute Gasteiger partial charge is 0.486 e. The first kappa shape index (κ1) is 17.7. The van der Waals surface area contributed by atoms with Crippen LogP contribution in [0.3, 0.4) is 0 Å². The number of ether oxygens (including phenoxy) is 1. The van der Waals surface area contributed by atoms with Crippen LogP contribution in [0.5, 0.6) is 5.75 Å². The maximum Gasteiger partial charge on any atom is 0.235 e. The number of hydrogen-bond acceptors (Lipinski definition) is 5. The zero-order valence-corrected chi connectivity index (χ0v) is 16.7. The molecular formula is C21H22N4OS.